The van der Waals surface area contributed by atoms with E-state index in [1.807, 2.05) is 0 Å². The molecule has 1 unspecified atom stereocenters. The van der Waals surface area contributed by atoms with Gasteiger partial charge in [0.05, 0.1) is 12.2 Å². The zero-order valence-corrected chi connectivity index (χ0v) is 11.5. The lowest BCUT2D eigenvalue weighted by atomic mass is 10.2. The Labute approximate surface area is 117 Å². The fourth-order valence-electron chi connectivity index (χ4n) is 1.87. The Morgan fingerprint density at radius 2 is 2.32 bits per heavy atom. The molecule has 0 radical (unpaired) electrons. The summed E-state index contributed by atoms with van der Waals surface area (Å²) in [6.07, 6.45) is -0.203. The van der Waals surface area contributed by atoms with Crippen molar-refractivity contribution in [3.8, 4) is 11.5 Å². The van der Waals surface area contributed by atoms with Crippen LogP contribution in [0.2, 0.25) is 0 Å². The van der Waals surface area contributed by atoms with E-state index >= 15 is 0 Å². The van der Waals surface area contributed by atoms with Gasteiger partial charge in [-0.2, -0.15) is 4.98 Å². The maximum atomic E-state index is 13.0. The topological polar surface area (TPSA) is 60.2 Å². The van der Waals surface area contributed by atoms with Crippen molar-refractivity contribution in [1.29, 1.82) is 0 Å². The number of nitrogens with one attached hydrogen (secondary N) is 1. The van der Waals surface area contributed by atoms with Crippen molar-refractivity contribution in [2.24, 2.45) is 0 Å². The Morgan fingerprint density at radius 1 is 1.42 bits per heavy atom. The fraction of sp³-hybridized carbons (Fsp3) is 0.333. The third-order valence-electron chi connectivity index (χ3n) is 2.82. The molecule has 100 valence electrons. The second-order valence-corrected chi connectivity index (χ2v) is 5.00. The molecule has 19 heavy (non-hydrogen) atoms. The number of nitrogens with zero attached hydrogens (tertiary/aromatic N) is 2. The summed E-state index contributed by atoms with van der Waals surface area (Å²) >= 11 is 3.28. The van der Waals surface area contributed by atoms with E-state index in [0.29, 0.717) is 34.9 Å². The first-order valence-corrected chi connectivity index (χ1v) is 6.64. The molecule has 1 fully saturated rings. The summed E-state index contributed by atoms with van der Waals surface area (Å²) in [6.45, 7) is 2.10. The van der Waals surface area contributed by atoms with Gasteiger partial charge in [0.25, 0.3) is 5.89 Å². The average molecular weight is 328 g/mol. The van der Waals surface area contributed by atoms with Crippen molar-refractivity contribution < 1.29 is 13.7 Å². The Morgan fingerprint density at radius 3 is 3.05 bits per heavy atom. The van der Waals surface area contributed by atoms with Crippen molar-refractivity contribution in [2.75, 3.05) is 19.7 Å². The van der Waals surface area contributed by atoms with E-state index in [-0.39, 0.29) is 11.9 Å². The van der Waals surface area contributed by atoms with Gasteiger partial charge in [0.1, 0.15) is 11.9 Å². The molecule has 1 aromatic heterocycles. The lowest BCUT2D eigenvalue weighted by Crippen LogP contribution is -2.33. The number of benzene rings is 1. The molecular formula is C12H11BrFN3O2. The van der Waals surface area contributed by atoms with E-state index in [2.05, 4.69) is 31.4 Å². The summed E-state index contributed by atoms with van der Waals surface area (Å²) in [5, 5.41) is 7.11. The van der Waals surface area contributed by atoms with Crippen molar-refractivity contribution in [3.63, 3.8) is 0 Å². The van der Waals surface area contributed by atoms with Crippen molar-refractivity contribution in [2.45, 2.75) is 6.10 Å². The maximum Gasteiger partial charge on any atom is 0.259 e. The molecule has 1 saturated heterocycles. The van der Waals surface area contributed by atoms with Gasteiger partial charge >= 0.3 is 0 Å². The van der Waals surface area contributed by atoms with Crippen LogP contribution in [0.1, 0.15) is 11.9 Å². The Hall–Kier alpha value is -1.31. The number of morpholine rings is 1. The van der Waals surface area contributed by atoms with Crippen LogP contribution in [0.15, 0.2) is 27.2 Å². The van der Waals surface area contributed by atoms with Gasteiger partial charge < -0.3 is 14.6 Å². The molecule has 1 aliphatic heterocycles. The zero-order valence-electron chi connectivity index (χ0n) is 9.90. The standard InChI is InChI=1S/C12H11BrFN3O2/c13-9-5-7(14)1-2-8(9)12-16-11(17-19-12)10-6-15-3-4-18-10/h1-2,5,10,15H,3-4,6H2. The number of ether oxygens (including phenoxy) is 1. The van der Waals surface area contributed by atoms with E-state index in [1.54, 1.807) is 6.07 Å². The molecule has 2 heterocycles. The molecule has 0 bridgehead atoms. The van der Waals surface area contributed by atoms with Crippen LogP contribution in [0, 0.1) is 5.82 Å². The predicted octanol–water partition coefficient (Wildman–Crippen LogP) is 2.30. The molecule has 0 amide bonds. The minimum atomic E-state index is -0.324. The van der Waals surface area contributed by atoms with Crippen LogP contribution in [-0.4, -0.2) is 29.8 Å². The third-order valence-corrected chi connectivity index (χ3v) is 3.47. The van der Waals surface area contributed by atoms with Crippen LogP contribution < -0.4 is 5.32 Å². The molecule has 1 atom stereocenters. The minimum Gasteiger partial charge on any atom is -0.367 e. The summed E-state index contributed by atoms with van der Waals surface area (Å²) in [7, 11) is 0. The second-order valence-electron chi connectivity index (χ2n) is 4.15. The van der Waals surface area contributed by atoms with Crippen LogP contribution >= 0.6 is 15.9 Å². The molecule has 1 aliphatic rings. The van der Waals surface area contributed by atoms with Crippen molar-refractivity contribution in [3.05, 3.63) is 34.3 Å². The first-order chi connectivity index (χ1) is 9.24. The van der Waals surface area contributed by atoms with Crippen molar-refractivity contribution in [1.82, 2.24) is 15.5 Å². The van der Waals surface area contributed by atoms with Gasteiger partial charge in [-0.3, -0.25) is 0 Å². The van der Waals surface area contributed by atoms with Crippen LogP contribution in [0.25, 0.3) is 11.5 Å². The Bertz CT molecular complexity index is 584. The highest BCUT2D eigenvalue weighted by molar-refractivity contribution is 9.10. The molecule has 7 heteroatoms. The van der Waals surface area contributed by atoms with Gasteiger partial charge in [-0.25, -0.2) is 4.39 Å². The molecule has 0 spiro atoms. The van der Waals surface area contributed by atoms with E-state index in [4.69, 9.17) is 9.26 Å². The van der Waals surface area contributed by atoms with Gasteiger partial charge in [-0.1, -0.05) is 5.16 Å². The zero-order chi connectivity index (χ0) is 13.2. The Kier molecular flexibility index (Phi) is 3.58. The molecular weight excluding hydrogens is 317 g/mol. The Balaban J connectivity index is 1.87. The molecule has 0 saturated carbocycles. The maximum absolute atomic E-state index is 13.0. The first-order valence-electron chi connectivity index (χ1n) is 5.85. The number of hydrogen-bond donors (Lipinski definition) is 1. The van der Waals surface area contributed by atoms with Crippen LogP contribution in [0.4, 0.5) is 4.39 Å². The third kappa shape index (κ3) is 2.68. The summed E-state index contributed by atoms with van der Waals surface area (Å²) in [5.41, 5.74) is 0.656. The summed E-state index contributed by atoms with van der Waals surface area (Å²) in [6, 6.07) is 4.30. The number of hydrogen-bond acceptors (Lipinski definition) is 5. The van der Waals surface area contributed by atoms with E-state index in [9.17, 15) is 4.39 Å². The smallest absolute Gasteiger partial charge is 0.259 e. The summed E-state index contributed by atoms with van der Waals surface area (Å²) in [5.74, 6) is 0.518. The van der Waals surface area contributed by atoms with E-state index in [0.717, 1.165) is 6.54 Å². The summed E-state index contributed by atoms with van der Waals surface area (Å²) in [4.78, 5) is 4.30. The normalized spacial score (nSPS) is 19.6. The molecule has 0 aliphatic carbocycles. The first kappa shape index (κ1) is 12.7. The second kappa shape index (κ2) is 5.36. The minimum absolute atomic E-state index is 0.203. The van der Waals surface area contributed by atoms with Gasteiger partial charge in [-0.05, 0) is 34.1 Å². The molecule has 3 rings (SSSR count). The highest BCUT2D eigenvalue weighted by Gasteiger charge is 2.22. The quantitative estimate of drug-likeness (QED) is 0.917. The molecule has 1 aromatic carbocycles. The van der Waals surface area contributed by atoms with Crippen LogP contribution in [-0.2, 0) is 4.74 Å². The molecule has 1 N–H and O–H groups in total. The average Bonchev–Trinajstić information content (AvgIpc) is 2.89. The predicted molar refractivity (Wildman–Crippen MR) is 69.0 cm³/mol. The largest absolute Gasteiger partial charge is 0.367 e. The van der Waals surface area contributed by atoms with Gasteiger partial charge in [0.2, 0.25) is 5.82 Å². The summed E-state index contributed by atoms with van der Waals surface area (Å²) < 4.78 is 24.4. The number of halogens is 2. The highest BCUT2D eigenvalue weighted by Crippen LogP contribution is 2.28. The highest BCUT2D eigenvalue weighted by atomic mass is 79.9. The van der Waals surface area contributed by atoms with Crippen LogP contribution in [0.3, 0.4) is 0 Å². The SMILES string of the molecule is Fc1ccc(-c2nc(C3CNCCO3)no2)c(Br)c1. The van der Waals surface area contributed by atoms with E-state index in [1.165, 1.54) is 12.1 Å². The number of aromatic nitrogens is 2. The molecule has 2 aromatic rings. The van der Waals surface area contributed by atoms with Gasteiger partial charge in [-0.15, -0.1) is 0 Å². The van der Waals surface area contributed by atoms with Gasteiger partial charge in [0, 0.05) is 17.6 Å². The van der Waals surface area contributed by atoms with Crippen molar-refractivity contribution >= 4 is 15.9 Å². The molecule has 5 nitrogen and oxygen atoms in total. The lowest BCUT2D eigenvalue weighted by Gasteiger charge is -2.20. The lowest BCUT2D eigenvalue weighted by molar-refractivity contribution is 0.0208. The van der Waals surface area contributed by atoms with E-state index < -0.39 is 0 Å². The fourth-order valence-corrected chi connectivity index (χ4v) is 2.39. The van der Waals surface area contributed by atoms with Crippen LogP contribution in [0.5, 0.6) is 0 Å². The van der Waals surface area contributed by atoms with Gasteiger partial charge in [0.15, 0.2) is 0 Å². The number of rotatable bonds is 2. The monoisotopic (exact) mass is 327 g/mol.